The molecule has 0 atom stereocenters. The van der Waals surface area contributed by atoms with E-state index in [-0.39, 0.29) is 0 Å². The first-order valence-corrected chi connectivity index (χ1v) is 6.03. The molecule has 5 nitrogen and oxygen atoms in total. The molecule has 0 amide bonds. The van der Waals surface area contributed by atoms with Gasteiger partial charge in [-0.15, -0.1) is 0 Å². The van der Waals surface area contributed by atoms with Crippen molar-refractivity contribution in [2.45, 2.75) is 13.3 Å². The van der Waals surface area contributed by atoms with Crippen LogP contribution in [0.4, 0.5) is 6.01 Å². The molecule has 0 aliphatic carbocycles. The van der Waals surface area contributed by atoms with Crippen LogP contribution in [0.1, 0.15) is 17.0 Å². The maximum atomic E-state index is 5.47. The molecule has 1 aromatic heterocycles. The molecule has 1 heterocycles. The monoisotopic (exact) mass is 262 g/mol. The van der Waals surface area contributed by atoms with E-state index in [4.69, 9.17) is 13.9 Å². The number of hydrogen-bond acceptors (Lipinski definition) is 5. The Morgan fingerprint density at radius 3 is 2.63 bits per heavy atom. The van der Waals surface area contributed by atoms with E-state index in [0.29, 0.717) is 12.4 Å². The van der Waals surface area contributed by atoms with Crippen molar-refractivity contribution >= 4 is 6.01 Å². The zero-order valence-electron chi connectivity index (χ0n) is 11.6. The van der Waals surface area contributed by atoms with Crippen LogP contribution in [0.15, 0.2) is 22.6 Å². The van der Waals surface area contributed by atoms with Crippen molar-refractivity contribution in [1.29, 1.82) is 0 Å². The quantitative estimate of drug-likeness (QED) is 0.897. The molecule has 0 fully saturated rings. The minimum atomic E-state index is 0.523. The topological polar surface area (TPSA) is 56.5 Å². The summed E-state index contributed by atoms with van der Waals surface area (Å²) in [7, 11) is 5.08. The van der Waals surface area contributed by atoms with Crippen LogP contribution in [0.25, 0.3) is 0 Å². The fourth-order valence-corrected chi connectivity index (χ4v) is 1.90. The molecule has 0 aliphatic heterocycles. The largest absolute Gasteiger partial charge is 0.497 e. The third-order valence-corrected chi connectivity index (χ3v) is 2.95. The molecule has 0 spiro atoms. The van der Waals surface area contributed by atoms with Gasteiger partial charge in [-0.2, -0.15) is 4.98 Å². The first-order valence-electron chi connectivity index (χ1n) is 6.03. The number of ether oxygens (including phenoxy) is 2. The lowest BCUT2D eigenvalue weighted by Crippen LogP contribution is -1.97. The number of rotatable bonds is 5. The van der Waals surface area contributed by atoms with Crippen LogP contribution in [0.3, 0.4) is 0 Å². The van der Waals surface area contributed by atoms with E-state index in [2.05, 4.69) is 10.3 Å². The van der Waals surface area contributed by atoms with E-state index in [1.54, 1.807) is 21.3 Å². The average molecular weight is 262 g/mol. The highest BCUT2D eigenvalue weighted by molar-refractivity contribution is 5.43. The number of aryl methyl sites for hydroxylation is 1. The molecule has 0 saturated heterocycles. The van der Waals surface area contributed by atoms with Crippen molar-refractivity contribution in [2.75, 3.05) is 26.6 Å². The van der Waals surface area contributed by atoms with Gasteiger partial charge in [0.25, 0.3) is 6.01 Å². The highest BCUT2D eigenvalue weighted by Gasteiger charge is 2.13. The van der Waals surface area contributed by atoms with Gasteiger partial charge < -0.3 is 19.2 Å². The standard InChI is InChI=1S/C14H18N2O3/c1-9-12(16-14(15-2)19-9)8-10-7-11(17-3)5-6-13(10)18-4/h5-7H,8H2,1-4H3,(H,15,16). The number of benzene rings is 1. The lowest BCUT2D eigenvalue weighted by molar-refractivity contribution is 0.399. The van der Waals surface area contributed by atoms with E-state index in [1.165, 1.54) is 0 Å². The summed E-state index contributed by atoms with van der Waals surface area (Å²) in [4.78, 5) is 4.38. The Morgan fingerprint density at radius 2 is 2.05 bits per heavy atom. The molecule has 0 unspecified atom stereocenters. The Balaban J connectivity index is 2.33. The third kappa shape index (κ3) is 2.81. The van der Waals surface area contributed by atoms with Crippen LogP contribution < -0.4 is 14.8 Å². The Kier molecular flexibility index (Phi) is 3.94. The average Bonchev–Trinajstić information content (AvgIpc) is 2.79. The Hall–Kier alpha value is -2.17. The van der Waals surface area contributed by atoms with Crippen molar-refractivity contribution in [1.82, 2.24) is 4.98 Å². The first-order chi connectivity index (χ1) is 9.17. The second kappa shape index (κ2) is 5.65. The summed E-state index contributed by atoms with van der Waals surface area (Å²) in [5.41, 5.74) is 1.90. The second-order valence-corrected chi connectivity index (χ2v) is 4.13. The SMILES string of the molecule is CNc1nc(Cc2cc(OC)ccc2OC)c(C)o1. The summed E-state index contributed by atoms with van der Waals surface area (Å²) in [5, 5.41) is 2.89. The Morgan fingerprint density at radius 1 is 1.26 bits per heavy atom. The number of methoxy groups -OCH3 is 2. The maximum absolute atomic E-state index is 5.47. The van der Waals surface area contributed by atoms with Gasteiger partial charge in [0.15, 0.2) is 0 Å². The van der Waals surface area contributed by atoms with E-state index in [9.17, 15) is 0 Å². The second-order valence-electron chi connectivity index (χ2n) is 4.13. The van der Waals surface area contributed by atoms with Gasteiger partial charge in [-0.1, -0.05) is 0 Å². The summed E-state index contributed by atoms with van der Waals surface area (Å²) in [6.45, 7) is 1.90. The summed E-state index contributed by atoms with van der Waals surface area (Å²) in [6.07, 6.45) is 0.636. The van der Waals surface area contributed by atoms with Crippen molar-refractivity contribution < 1.29 is 13.9 Å². The van der Waals surface area contributed by atoms with Gasteiger partial charge in [-0.25, -0.2) is 0 Å². The van der Waals surface area contributed by atoms with Crippen molar-refractivity contribution in [3.05, 3.63) is 35.2 Å². The Bertz CT molecular complexity index is 564. The van der Waals surface area contributed by atoms with Crippen molar-refractivity contribution in [3.63, 3.8) is 0 Å². The molecular weight excluding hydrogens is 244 g/mol. The highest BCUT2D eigenvalue weighted by Crippen LogP contribution is 2.27. The number of nitrogens with zero attached hydrogens (tertiary/aromatic N) is 1. The summed E-state index contributed by atoms with van der Waals surface area (Å²) < 4.78 is 16.1. The molecule has 0 aliphatic rings. The molecule has 19 heavy (non-hydrogen) atoms. The molecule has 0 radical (unpaired) electrons. The molecule has 1 N–H and O–H groups in total. The van der Waals surface area contributed by atoms with Gasteiger partial charge in [-0.05, 0) is 25.1 Å². The Labute approximate surface area is 112 Å². The minimum absolute atomic E-state index is 0.523. The number of oxazole rings is 1. The summed E-state index contributed by atoms with van der Waals surface area (Å²) in [6, 6.07) is 6.24. The molecular formula is C14H18N2O3. The van der Waals surface area contributed by atoms with E-state index in [0.717, 1.165) is 28.5 Å². The first kappa shape index (κ1) is 13.3. The van der Waals surface area contributed by atoms with Gasteiger partial charge in [0, 0.05) is 19.0 Å². The van der Waals surface area contributed by atoms with E-state index < -0.39 is 0 Å². The van der Waals surface area contributed by atoms with E-state index >= 15 is 0 Å². The van der Waals surface area contributed by atoms with Crippen molar-refractivity contribution in [3.8, 4) is 11.5 Å². The van der Waals surface area contributed by atoms with Crippen LogP contribution in [0.5, 0.6) is 11.5 Å². The van der Waals surface area contributed by atoms with Crippen LogP contribution >= 0.6 is 0 Å². The van der Waals surface area contributed by atoms with E-state index in [1.807, 2.05) is 25.1 Å². The molecule has 2 rings (SSSR count). The minimum Gasteiger partial charge on any atom is -0.497 e. The maximum Gasteiger partial charge on any atom is 0.294 e. The third-order valence-electron chi connectivity index (χ3n) is 2.95. The van der Waals surface area contributed by atoms with Crippen LogP contribution in [0.2, 0.25) is 0 Å². The smallest absolute Gasteiger partial charge is 0.294 e. The molecule has 0 saturated carbocycles. The normalized spacial score (nSPS) is 10.3. The highest BCUT2D eigenvalue weighted by atomic mass is 16.5. The number of nitrogens with one attached hydrogen (secondary N) is 1. The van der Waals surface area contributed by atoms with Crippen LogP contribution in [0, 0.1) is 6.92 Å². The number of aromatic nitrogens is 1. The molecule has 5 heteroatoms. The van der Waals surface area contributed by atoms with Gasteiger partial charge in [0.05, 0.1) is 19.9 Å². The van der Waals surface area contributed by atoms with Gasteiger partial charge in [0.1, 0.15) is 17.3 Å². The lowest BCUT2D eigenvalue weighted by atomic mass is 10.1. The number of anilines is 1. The summed E-state index contributed by atoms with van der Waals surface area (Å²) in [5.74, 6) is 2.41. The predicted octanol–water partition coefficient (Wildman–Crippen LogP) is 2.63. The molecule has 2 aromatic rings. The molecule has 102 valence electrons. The predicted molar refractivity (Wildman–Crippen MR) is 73.1 cm³/mol. The molecule has 1 aromatic carbocycles. The number of hydrogen-bond donors (Lipinski definition) is 1. The van der Waals surface area contributed by atoms with Gasteiger partial charge in [-0.3, -0.25) is 0 Å². The molecule has 0 bridgehead atoms. The van der Waals surface area contributed by atoms with Crippen LogP contribution in [-0.2, 0) is 6.42 Å². The van der Waals surface area contributed by atoms with Gasteiger partial charge in [0.2, 0.25) is 0 Å². The van der Waals surface area contributed by atoms with Crippen LogP contribution in [-0.4, -0.2) is 26.3 Å². The lowest BCUT2D eigenvalue weighted by Gasteiger charge is -2.09. The summed E-state index contributed by atoms with van der Waals surface area (Å²) >= 11 is 0. The fraction of sp³-hybridized carbons (Fsp3) is 0.357. The van der Waals surface area contributed by atoms with Gasteiger partial charge >= 0.3 is 0 Å². The zero-order chi connectivity index (χ0) is 13.8. The zero-order valence-corrected chi connectivity index (χ0v) is 11.6. The fourth-order valence-electron chi connectivity index (χ4n) is 1.90. The van der Waals surface area contributed by atoms with Crippen molar-refractivity contribution in [2.24, 2.45) is 0 Å².